The van der Waals surface area contributed by atoms with E-state index in [0.717, 1.165) is 0 Å². The lowest BCUT2D eigenvalue weighted by molar-refractivity contribution is -0.141. The van der Waals surface area contributed by atoms with Crippen LogP contribution in [0.5, 0.6) is 0 Å². The fourth-order valence-corrected chi connectivity index (χ4v) is 1.16. The van der Waals surface area contributed by atoms with E-state index in [2.05, 4.69) is 5.32 Å². The molecule has 0 spiro atoms. The van der Waals surface area contributed by atoms with Crippen LogP contribution < -0.4 is 11.1 Å². The van der Waals surface area contributed by atoms with Gasteiger partial charge in [-0.25, -0.2) is 0 Å². The minimum absolute atomic E-state index is 0.170. The lowest BCUT2D eigenvalue weighted by Crippen LogP contribution is -2.45. The van der Waals surface area contributed by atoms with Crippen molar-refractivity contribution in [3.05, 3.63) is 0 Å². The Labute approximate surface area is 82.7 Å². The Kier molecular flexibility index (Phi) is 3.10. The Morgan fingerprint density at radius 2 is 2.14 bits per heavy atom. The summed E-state index contributed by atoms with van der Waals surface area (Å²) in [6, 6.07) is 0. The summed E-state index contributed by atoms with van der Waals surface area (Å²) < 4.78 is 0. The molecule has 0 aromatic rings. The van der Waals surface area contributed by atoms with E-state index in [4.69, 9.17) is 10.8 Å². The van der Waals surface area contributed by atoms with Crippen LogP contribution in [0, 0.1) is 5.92 Å². The average Bonchev–Trinajstić information content (AvgIpc) is 2.85. The first kappa shape index (κ1) is 11.0. The molecule has 0 aromatic heterocycles. The predicted octanol–water partition coefficient (Wildman–Crippen LogP) is -0.295. The summed E-state index contributed by atoms with van der Waals surface area (Å²) in [5, 5.41) is 11.3. The van der Waals surface area contributed by atoms with Crippen molar-refractivity contribution in [3.63, 3.8) is 0 Å². The SMILES string of the molecule is CCC(CNC(=O)C1(N)CC1)C(=O)O. The number of rotatable bonds is 5. The number of carboxylic acids is 1. The van der Waals surface area contributed by atoms with Gasteiger partial charge in [0.1, 0.15) is 0 Å². The molecule has 5 nitrogen and oxygen atoms in total. The van der Waals surface area contributed by atoms with Crippen LogP contribution in [0.3, 0.4) is 0 Å². The highest BCUT2D eigenvalue weighted by Crippen LogP contribution is 2.32. The zero-order valence-corrected chi connectivity index (χ0v) is 8.25. The predicted molar refractivity (Wildman–Crippen MR) is 50.6 cm³/mol. The van der Waals surface area contributed by atoms with Crippen LogP contribution in [0.4, 0.5) is 0 Å². The number of carboxylic acid groups (broad SMARTS) is 1. The van der Waals surface area contributed by atoms with Crippen molar-refractivity contribution in [2.24, 2.45) is 11.7 Å². The second-order valence-electron chi connectivity index (χ2n) is 3.81. The molecule has 0 aliphatic heterocycles. The molecule has 80 valence electrons. The third-order valence-electron chi connectivity index (χ3n) is 2.59. The van der Waals surface area contributed by atoms with E-state index in [9.17, 15) is 9.59 Å². The number of nitrogens with two attached hydrogens (primary N) is 1. The van der Waals surface area contributed by atoms with Crippen LogP contribution in [0.1, 0.15) is 26.2 Å². The quantitative estimate of drug-likeness (QED) is 0.568. The van der Waals surface area contributed by atoms with Crippen molar-refractivity contribution in [1.82, 2.24) is 5.32 Å². The molecule has 1 amide bonds. The van der Waals surface area contributed by atoms with Crippen LogP contribution in [0.15, 0.2) is 0 Å². The molecule has 5 heteroatoms. The molecule has 1 unspecified atom stereocenters. The van der Waals surface area contributed by atoms with Crippen LogP contribution >= 0.6 is 0 Å². The second kappa shape index (κ2) is 3.96. The summed E-state index contributed by atoms with van der Waals surface area (Å²) in [4.78, 5) is 22.0. The van der Waals surface area contributed by atoms with Gasteiger partial charge < -0.3 is 16.2 Å². The largest absolute Gasteiger partial charge is 0.481 e. The Balaban J connectivity index is 2.32. The van der Waals surface area contributed by atoms with Crippen LogP contribution in [-0.2, 0) is 9.59 Å². The number of carbonyl (C=O) groups is 2. The maximum Gasteiger partial charge on any atom is 0.308 e. The normalized spacial score (nSPS) is 19.9. The van der Waals surface area contributed by atoms with Crippen molar-refractivity contribution < 1.29 is 14.7 Å². The topological polar surface area (TPSA) is 92.4 Å². The zero-order chi connectivity index (χ0) is 10.8. The van der Waals surface area contributed by atoms with E-state index in [0.29, 0.717) is 19.3 Å². The molecule has 0 heterocycles. The van der Waals surface area contributed by atoms with Gasteiger partial charge in [0.05, 0.1) is 11.5 Å². The summed E-state index contributed by atoms with van der Waals surface area (Å²) in [6.07, 6.45) is 1.90. The fraction of sp³-hybridized carbons (Fsp3) is 0.778. The van der Waals surface area contributed by atoms with Crippen molar-refractivity contribution in [2.45, 2.75) is 31.7 Å². The van der Waals surface area contributed by atoms with Gasteiger partial charge in [0, 0.05) is 6.54 Å². The summed E-state index contributed by atoms with van der Waals surface area (Å²) in [5.41, 5.74) is 4.92. The average molecular weight is 200 g/mol. The van der Waals surface area contributed by atoms with Crippen LogP contribution in [-0.4, -0.2) is 29.1 Å². The summed E-state index contributed by atoms with van der Waals surface area (Å²) in [6.45, 7) is 1.95. The first-order valence-electron chi connectivity index (χ1n) is 4.79. The number of hydrogen-bond donors (Lipinski definition) is 3. The molecule has 1 aliphatic rings. The molecule has 0 saturated heterocycles. The zero-order valence-electron chi connectivity index (χ0n) is 8.25. The molecular weight excluding hydrogens is 184 g/mol. The summed E-state index contributed by atoms with van der Waals surface area (Å²) >= 11 is 0. The highest BCUT2D eigenvalue weighted by molar-refractivity contribution is 5.89. The van der Waals surface area contributed by atoms with Crippen molar-refractivity contribution in [1.29, 1.82) is 0 Å². The number of carbonyl (C=O) groups excluding carboxylic acids is 1. The van der Waals surface area contributed by atoms with Gasteiger partial charge in [-0.05, 0) is 19.3 Å². The van der Waals surface area contributed by atoms with Gasteiger partial charge in [-0.2, -0.15) is 0 Å². The molecule has 0 aromatic carbocycles. The van der Waals surface area contributed by atoms with Gasteiger partial charge in [-0.15, -0.1) is 0 Å². The van der Waals surface area contributed by atoms with Gasteiger partial charge >= 0.3 is 5.97 Å². The second-order valence-corrected chi connectivity index (χ2v) is 3.81. The number of aliphatic carboxylic acids is 1. The third-order valence-corrected chi connectivity index (χ3v) is 2.59. The number of amides is 1. The first-order valence-corrected chi connectivity index (χ1v) is 4.79. The molecular formula is C9H16N2O3. The molecule has 1 rings (SSSR count). The van der Waals surface area contributed by atoms with Gasteiger partial charge in [0.15, 0.2) is 0 Å². The molecule has 1 atom stereocenters. The molecule has 0 bridgehead atoms. The van der Waals surface area contributed by atoms with E-state index in [1.807, 2.05) is 0 Å². The van der Waals surface area contributed by atoms with Crippen LogP contribution in [0.25, 0.3) is 0 Å². The maximum atomic E-state index is 11.3. The Morgan fingerprint density at radius 1 is 1.57 bits per heavy atom. The highest BCUT2D eigenvalue weighted by Gasteiger charge is 2.45. The van der Waals surface area contributed by atoms with E-state index < -0.39 is 17.4 Å². The lowest BCUT2D eigenvalue weighted by Gasteiger charge is -2.13. The molecule has 4 N–H and O–H groups in total. The van der Waals surface area contributed by atoms with Crippen molar-refractivity contribution in [2.75, 3.05) is 6.54 Å². The molecule has 1 fully saturated rings. The Hall–Kier alpha value is -1.10. The van der Waals surface area contributed by atoms with E-state index in [1.54, 1.807) is 6.92 Å². The van der Waals surface area contributed by atoms with Gasteiger partial charge in [0.25, 0.3) is 0 Å². The standard InChI is InChI=1S/C9H16N2O3/c1-2-6(7(12)13)5-11-8(14)9(10)3-4-9/h6H,2-5,10H2,1H3,(H,11,14)(H,12,13). The fourth-order valence-electron chi connectivity index (χ4n) is 1.16. The van der Waals surface area contributed by atoms with Gasteiger partial charge in [0.2, 0.25) is 5.91 Å². The minimum atomic E-state index is -0.880. The minimum Gasteiger partial charge on any atom is -0.481 e. The molecule has 1 saturated carbocycles. The molecule has 14 heavy (non-hydrogen) atoms. The van der Waals surface area contributed by atoms with E-state index in [-0.39, 0.29) is 12.5 Å². The van der Waals surface area contributed by atoms with Crippen LogP contribution in [0.2, 0.25) is 0 Å². The van der Waals surface area contributed by atoms with Gasteiger partial charge in [-0.3, -0.25) is 9.59 Å². The smallest absolute Gasteiger partial charge is 0.308 e. The van der Waals surface area contributed by atoms with E-state index >= 15 is 0 Å². The molecule has 0 radical (unpaired) electrons. The highest BCUT2D eigenvalue weighted by atomic mass is 16.4. The Morgan fingerprint density at radius 3 is 2.50 bits per heavy atom. The third kappa shape index (κ3) is 2.45. The van der Waals surface area contributed by atoms with Crippen molar-refractivity contribution >= 4 is 11.9 Å². The summed E-state index contributed by atoms with van der Waals surface area (Å²) in [7, 11) is 0. The Bertz CT molecular complexity index is 248. The maximum absolute atomic E-state index is 11.3. The van der Waals surface area contributed by atoms with Gasteiger partial charge in [-0.1, -0.05) is 6.92 Å². The summed E-state index contributed by atoms with van der Waals surface area (Å²) in [5.74, 6) is -1.62. The number of nitrogens with one attached hydrogen (secondary N) is 1. The monoisotopic (exact) mass is 200 g/mol. The van der Waals surface area contributed by atoms with E-state index in [1.165, 1.54) is 0 Å². The number of hydrogen-bond acceptors (Lipinski definition) is 3. The first-order chi connectivity index (χ1) is 6.49. The lowest BCUT2D eigenvalue weighted by atomic mass is 10.1. The van der Waals surface area contributed by atoms with Crippen molar-refractivity contribution in [3.8, 4) is 0 Å². The molecule has 1 aliphatic carbocycles.